The molecule has 1 aliphatic rings. The van der Waals surface area contributed by atoms with Crippen LogP contribution in [0.1, 0.15) is 63.4 Å². The highest BCUT2D eigenvalue weighted by molar-refractivity contribution is 5.18. The Kier molecular flexibility index (Phi) is 4.03. The summed E-state index contributed by atoms with van der Waals surface area (Å²) in [5.41, 5.74) is 1.96. The van der Waals surface area contributed by atoms with Crippen LogP contribution in [0.5, 0.6) is 0 Å². The smallest absolute Gasteiger partial charge is 0.108 e. The average Bonchev–Trinajstić information content (AvgIpc) is 2.23. The summed E-state index contributed by atoms with van der Waals surface area (Å²) < 4.78 is 0. The first-order chi connectivity index (χ1) is 8.46. The van der Waals surface area contributed by atoms with Crippen molar-refractivity contribution >= 4 is 0 Å². The van der Waals surface area contributed by atoms with E-state index in [1.165, 1.54) is 19.3 Å². The topological polar surface area (TPSA) is 45.1 Å². The van der Waals surface area contributed by atoms with E-state index in [4.69, 9.17) is 0 Å². The van der Waals surface area contributed by atoms with Crippen molar-refractivity contribution in [2.75, 3.05) is 6.54 Å². The largest absolute Gasteiger partial charge is 0.385 e. The molecule has 0 radical (unpaired) electrons. The van der Waals surface area contributed by atoms with Crippen molar-refractivity contribution in [3.05, 3.63) is 29.6 Å². The van der Waals surface area contributed by atoms with Crippen molar-refractivity contribution in [1.82, 2.24) is 10.3 Å². The first-order valence-corrected chi connectivity index (χ1v) is 6.86. The zero-order chi connectivity index (χ0) is 13.2. The third-order valence-corrected chi connectivity index (χ3v) is 3.48. The fourth-order valence-corrected chi connectivity index (χ4v) is 2.09. The molecule has 3 heteroatoms. The maximum Gasteiger partial charge on any atom is 0.108 e. The van der Waals surface area contributed by atoms with Gasteiger partial charge in [0.25, 0.3) is 0 Å². The molecule has 0 unspecified atom stereocenters. The second kappa shape index (κ2) is 5.37. The summed E-state index contributed by atoms with van der Waals surface area (Å²) in [6, 6.07) is 6.00. The lowest BCUT2D eigenvalue weighted by atomic mass is 9.82. The van der Waals surface area contributed by atoms with Crippen molar-refractivity contribution in [2.45, 2.75) is 57.6 Å². The van der Waals surface area contributed by atoms with Gasteiger partial charge in [0.2, 0.25) is 0 Å². The zero-order valence-electron chi connectivity index (χ0n) is 11.6. The highest BCUT2D eigenvalue weighted by Gasteiger charge is 2.22. The van der Waals surface area contributed by atoms with E-state index in [2.05, 4.69) is 37.1 Å². The quantitative estimate of drug-likeness (QED) is 0.861. The molecule has 2 rings (SSSR count). The van der Waals surface area contributed by atoms with Crippen LogP contribution in [-0.4, -0.2) is 22.2 Å². The molecule has 18 heavy (non-hydrogen) atoms. The fraction of sp³-hybridized carbons (Fsp3) is 0.667. The number of pyridine rings is 1. The SMILES string of the molecule is CC(C)(C)NC[C@@H](O)c1cccc(C2CCC2)n1. The van der Waals surface area contributed by atoms with Gasteiger partial charge < -0.3 is 10.4 Å². The summed E-state index contributed by atoms with van der Waals surface area (Å²) in [5, 5.41) is 13.5. The second-order valence-corrected chi connectivity index (χ2v) is 6.26. The number of hydrogen-bond donors (Lipinski definition) is 2. The molecule has 1 saturated carbocycles. The fourth-order valence-electron chi connectivity index (χ4n) is 2.09. The Morgan fingerprint density at radius 1 is 1.39 bits per heavy atom. The van der Waals surface area contributed by atoms with E-state index < -0.39 is 6.10 Å². The van der Waals surface area contributed by atoms with Gasteiger partial charge >= 0.3 is 0 Å². The molecular weight excluding hydrogens is 224 g/mol. The van der Waals surface area contributed by atoms with Gasteiger partial charge in [0.1, 0.15) is 6.10 Å². The number of nitrogens with zero attached hydrogens (tertiary/aromatic N) is 1. The summed E-state index contributed by atoms with van der Waals surface area (Å²) in [6.07, 6.45) is 3.27. The van der Waals surface area contributed by atoms with E-state index in [1.54, 1.807) is 0 Å². The van der Waals surface area contributed by atoms with Crippen molar-refractivity contribution in [2.24, 2.45) is 0 Å². The number of rotatable bonds is 4. The number of aliphatic hydroxyl groups excluding tert-OH is 1. The Bertz CT molecular complexity index is 394. The Labute approximate surface area is 110 Å². The summed E-state index contributed by atoms with van der Waals surface area (Å²) >= 11 is 0. The van der Waals surface area contributed by atoms with Gasteiger partial charge in [-0.3, -0.25) is 4.98 Å². The minimum Gasteiger partial charge on any atom is -0.385 e. The van der Waals surface area contributed by atoms with E-state index in [1.807, 2.05) is 12.1 Å². The van der Waals surface area contributed by atoms with Crippen molar-refractivity contribution in [3.8, 4) is 0 Å². The van der Waals surface area contributed by atoms with Crippen molar-refractivity contribution < 1.29 is 5.11 Å². The van der Waals surface area contributed by atoms with Crippen molar-refractivity contribution in [3.63, 3.8) is 0 Å². The molecule has 0 aliphatic heterocycles. The lowest BCUT2D eigenvalue weighted by Gasteiger charge is -2.26. The zero-order valence-corrected chi connectivity index (χ0v) is 11.6. The lowest BCUT2D eigenvalue weighted by molar-refractivity contribution is 0.158. The minimum absolute atomic E-state index is 0.0204. The third kappa shape index (κ3) is 3.53. The minimum atomic E-state index is -0.524. The van der Waals surface area contributed by atoms with Gasteiger partial charge in [0.05, 0.1) is 5.69 Å². The second-order valence-electron chi connectivity index (χ2n) is 6.26. The van der Waals surface area contributed by atoms with Crippen LogP contribution in [0.2, 0.25) is 0 Å². The first-order valence-electron chi connectivity index (χ1n) is 6.86. The normalized spacial score (nSPS) is 18.4. The molecule has 1 aromatic heterocycles. The third-order valence-electron chi connectivity index (χ3n) is 3.48. The molecule has 0 amide bonds. The molecule has 0 aromatic carbocycles. The van der Waals surface area contributed by atoms with E-state index in [9.17, 15) is 5.11 Å². The number of aromatic nitrogens is 1. The molecule has 100 valence electrons. The Hall–Kier alpha value is -0.930. The Morgan fingerprint density at radius 2 is 2.11 bits per heavy atom. The molecule has 1 aliphatic carbocycles. The van der Waals surface area contributed by atoms with Gasteiger partial charge in [0.15, 0.2) is 0 Å². The predicted molar refractivity (Wildman–Crippen MR) is 73.5 cm³/mol. The first kappa shape index (κ1) is 13.5. The van der Waals surface area contributed by atoms with Crippen LogP contribution in [0, 0.1) is 0 Å². The maximum absolute atomic E-state index is 10.2. The lowest BCUT2D eigenvalue weighted by Crippen LogP contribution is -2.38. The molecular formula is C15H24N2O. The molecule has 0 bridgehead atoms. The van der Waals surface area contributed by atoms with Gasteiger partial charge in [0, 0.05) is 23.7 Å². The van der Waals surface area contributed by atoms with Crippen LogP contribution < -0.4 is 5.32 Å². The highest BCUT2D eigenvalue weighted by Crippen LogP contribution is 2.35. The molecule has 1 fully saturated rings. The number of β-amino-alcohol motifs (C(OH)–C–C–N with tert-alkyl or cyclic N) is 1. The molecule has 0 spiro atoms. The molecule has 1 heterocycles. The van der Waals surface area contributed by atoms with Crippen LogP contribution in [0.25, 0.3) is 0 Å². The molecule has 1 aromatic rings. The Balaban J connectivity index is 1.98. The number of hydrogen-bond acceptors (Lipinski definition) is 3. The van der Waals surface area contributed by atoms with Crippen LogP contribution in [0.3, 0.4) is 0 Å². The standard InChI is InChI=1S/C15H24N2O/c1-15(2,3)16-10-14(18)13-9-5-8-12(17-13)11-6-4-7-11/h5,8-9,11,14,16,18H,4,6-7,10H2,1-3H3/t14-/m1/s1. The van der Waals surface area contributed by atoms with Crippen molar-refractivity contribution in [1.29, 1.82) is 0 Å². The van der Waals surface area contributed by atoms with Crippen LogP contribution in [0.15, 0.2) is 18.2 Å². The summed E-state index contributed by atoms with van der Waals surface area (Å²) in [4.78, 5) is 4.61. The van der Waals surface area contributed by atoms with E-state index in [-0.39, 0.29) is 5.54 Å². The number of aliphatic hydroxyl groups is 1. The Morgan fingerprint density at radius 3 is 2.67 bits per heavy atom. The van der Waals surface area contributed by atoms with E-state index in [0.717, 1.165) is 11.4 Å². The average molecular weight is 248 g/mol. The molecule has 0 saturated heterocycles. The van der Waals surface area contributed by atoms with Crippen LogP contribution in [-0.2, 0) is 0 Å². The summed E-state index contributed by atoms with van der Waals surface area (Å²) in [6.45, 7) is 6.83. The molecule has 3 nitrogen and oxygen atoms in total. The molecule has 2 N–H and O–H groups in total. The van der Waals surface area contributed by atoms with Crippen LogP contribution in [0.4, 0.5) is 0 Å². The van der Waals surface area contributed by atoms with E-state index in [0.29, 0.717) is 12.5 Å². The number of nitrogens with one attached hydrogen (secondary N) is 1. The summed E-state index contributed by atoms with van der Waals surface area (Å²) in [5.74, 6) is 0.618. The highest BCUT2D eigenvalue weighted by atomic mass is 16.3. The molecule has 1 atom stereocenters. The monoisotopic (exact) mass is 248 g/mol. The van der Waals surface area contributed by atoms with E-state index >= 15 is 0 Å². The van der Waals surface area contributed by atoms with Gasteiger partial charge in [-0.1, -0.05) is 12.5 Å². The van der Waals surface area contributed by atoms with Crippen LogP contribution >= 0.6 is 0 Å². The van der Waals surface area contributed by atoms with Gasteiger partial charge in [-0.25, -0.2) is 0 Å². The van der Waals surface area contributed by atoms with Gasteiger partial charge in [-0.05, 0) is 45.7 Å². The summed E-state index contributed by atoms with van der Waals surface area (Å²) in [7, 11) is 0. The maximum atomic E-state index is 10.2. The van der Waals surface area contributed by atoms with Gasteiger partial charge in [-0.2, -0.15) is 0 Å². The predicted octanol–water partition coefficient (Wildman–Crippen LogP) is 2.77. The van der Waals surface area contributed by atoms with Gasteiger partial charge in [-0.15, -0.1) is 0 Å².